The van der Waals surface area contributed by atoms with Gasteiger partial charge in [-0.25, -0.2) is 4.79 Å². The van der Waals surface area contributed by atoms with E-state index < -0.39 is 126 Å². The number of rotatable bonds is 30. The molecule has 0 aliphatic carbocycles. The van der Waals surface area contributed by atoms with E-state index in [1.807, 2.05) is 27.7 Å². The molecule has 0 radical (unpaired) electrons. The van der Waals surface area contributed by atoms with E-state index in [0.717, 1.165) is 0 Å². The molecule has 0 aliphatic rings. The Hall–Kier alpha value is -5.71. The fourth-order valence-corrected chi connectivity index (χ4v) is 7.04. The highest BCUT2D eigenvalue weighted by molar-refractivity contribution is 5.98. The maximum absolute atomic E-state index is 13.9. The number of benzene rings is 1. The van der Waals surface area contributed by atoms with Crippen LogP contribution in [0.15, 0.2) is 30.3 Å². The van der Waals surface area contributed by atoms with E-state index in [9.17, 15) is 63.6 Å². The normalized spacial score (nSPS) is 16.3. The minimum absolute atomic E-state index is 0.0156. The van der Waals surface area contributed by atoms with E-state index in [1.165, 1.54) is 20.8 Å². The summed E-state index contributed by atoms with van der Waals surface area (Å²) in [4.78, 5) is 119. The van der Waals surface area contributed by atoms with Gasteiger partial charge in [0.25, 0.3) is 0 Å². The number of aliphatic hydroxyl groups is 3. The van der Waals surface area contributed by atoms with Crippen molar-refractivity contribution in [1.29, 1.82) is 0 Å². The number of nitrogens with one attached hydrogen (secondary N) is 8. The average molecular weight is 978 g/mol. The molecule has 8 amide bonds. The molecule has 11 atom stereocenters. The van der Waals surface area contributed by atoms with E-state index in [2.05, 4.69) is 42.5 Å². The summed E-state index contributed by atoms with van der Waals surface area (Å²) in [5.41, 5.74) is 6.62. The van der Waals surface area contributed by atoms with Gasteiger partial charge in [0.2, 0.25) is 47.3 Å². The highest BCUT2D eigenvalue weighted by atomic mass is 16.4. The van der Waals surface area contributed by atoms with Crippen molar-refractivity contribution in [2.75, 3.05) is 6.61 Å². The Bertz CT molecular complexity index is 1860. The molecule has 0 aromatic heterocycles. The molecule has 0 heterocycles. The predicted molar refractivity (Wildman–Crippen MR) is 255 cm³/mol. The summed E-state index contributed by atoms with van der Waals surface area (Å²) in [6.45, 7) is 17.2. The van der Waals surface area contributed by atoms with E-state index in [0.29, 0.717) is 12.0 Å². The van der Waals surface area contributed by atoms with Gasteiger partial charge in [-0.3, -0.25) is 38.4 Å². The third kappa shape index (κ3) is 22.5. The van der Waals surface area contributed by atoms with Crippen LogP contribution in [-0.4, -0.2) is 147 Å². The summed E-state index contributed by atoms with van der Waals surface area (Å²) in [6.07, 6.45) is -2.48. The van der Waals surface area contributed by atoms with Crippen LogP contribution in [0.5, 0.6) is 0 Å². The largest absolute Gasteiger partial charge is 0.480 e. The van der Waals surface area contributed by atoms with Gasteiger partial charge in [0.1, 0.15) is 48.3 Å². The van der Waals surface area contributed by atoms with Gasteiger partial charge in [0, 0.05) is 6.42 Å². The number of aliphatic carboxylic acids is 1. The quantitative estimate of drug-likeness (QED) is 0.0417. The van der Waals surface area contributed by atoms with Crippen LogP contribution in [0.3, 0.4) is 0 Å². The third-order valence-corrected chi connectivity index (χ3v) is 10.7. The van der Waals surface area contributed by atoms with Gasteiger partial charge >= 0.3 is 5.97 Å². The van der Waals surface area contributed by atoms with Crippen LogP contribution < -0.4 is 48.3 Å². The molecule has 69 heavy (non-hydrogen) atoms. The van der Waals surface area contributed by atoms with Crippen LogP contribution >= 0.6 is 0 Å². The topological polar surface area (TPSA) is 357 Å². The Balaban J connectivity index is 3.15. The first-order chi connectivity index (χ1) is 32.1. The smallest absolute Gasteiger partial charge is 0.326 e. The highest BCUT2D eigenvalue weighted by Crippen LogP contribution is 2.12. The Morgan fingerprint density at radius 1 is 0.449 bits per heavy atom. The number of carboxylic acid groups (broad SMARTS) is 1. The summed E-state index contributed by atoms with van der Waals surface area (Å²) < 4.78 is 0. The standard InChI is InChI=1S/C47H79N9O13/c1-23(2)17-31(48)40(61)50-33(19-25(5)6)42(63)55-37(28(10)58)45(66)49-27(9)39(60)54-36(22-57)44(65)52-32(18-24(3)4)41(62)51-34(20-26(7)8)43(64)56-38(29(11)59)46(67)53-35(47(68)69)21-30-15-13-12-14-16-30/h12-16,23-29,31-38,57-59H,17-22,48H2,1-11H3,(H,49,66)(H,50,61)(H,51,62)(H,52,65)(H,53,67)(H,54,60)(H,55,63)(H,56,64)(H,68,69)/t27-,28+,29+,31-,32-,33-,34-,35-,36-,37-,38-/m0/s1. The second kappa shape index (κ2) is 30.0. The second-order valence-electron chi connectivity index (χ2n) is 19.3. The summed E-state index contributed by atoms with van der Waals surface area (Å²) in [5, 5.41) is 60.6. The van der Waals surface area contributed by atoms with E-state index >= 15 is 0 Å². The zero-order valence-corrected chi connectivity index (χ0v) is 41.8. The van der Waals surface area contributed by atoms with Crippen molar-refractivity contribution >= 4 is 53.2 Å². The first-order valence-electron chi connectivity index (χ1n) is 23.5. The van der Waals surface area contributed by atoms with Gasteiger partial charge in [0.15, 0.2) is 0 Å². The molecule has 0 bridgehead atoms. The number of carboxylic acids is 1. The number of amides is 8. The lowest BCUT2D eigenvalue weighted by atomic mass is 9.99. The molecule has 1 rings (SSSR count). The summed E-state index contributed by atoms with van der Waals surface area (Å²) >= 11 is 0. The molecule has 0 spiro atoms. The number of nitrogens with two attached hydrogens (primary N) is 1. The predicted octanol–water partition coefficient (Wildman–Crippen LogP) is -1.52. The van der Waals surface area contributed by atoms with Crippen molar-refractivity contribution in [2.45, 2.75) is 175 Å². The van der Waals surface area contributed by atoms with E-state index in [-0.39, 0.29) is 49.4 Å². The fourth-order valence-electron chi connectivity index (χ4n) is 7.04. The van der Waals surface area contributed by atoms with Crippen LogP contribution in [0, 0.1) is 23.7 Å². The van der Waals surface area contributed by atoms with E-state index in [4.69, 9.17) is 5.73 Å². The second-order valence-corrected chi connectivity index (χ2v) is 19.3. The first kappa shape index (κ1) is 61.3. The molecule has 0 fully saturated rings. The molecule has 390 valence electrons. The number of aliphatic hydroxyl groups excluding tert-OH is 3. The Morgan fingerprint density at radius 3 is 1.17 bits per heavy atom. The minimum atomic E-state index is -1.66. The molecule has 1 aromatic rings. The summed E-state index contributed by atoms with van der Waals surface area (Å²) in [5.74, 6) is -8.78. The first-order valence-corrected chi connectivity index (χ1v) is 23.5. The molecule has 0 saturated carbocycles. The van der Waals surface area contributed by atoms with Gasteiger partial charge in [-0.2, -0.15) is 0 Å². The molecular weight excluding hydrogens is 899 g/mol. The fraction of sp³-hybridized carbons (Fsp3) is 0.681. The lowest BCUT2D eigenvalue weighted by Crippen LogP contribution is -2.62. The van der Waals surface area contributed by atoms with Gasteiger partial charge in [0.05, 0.1) is 24.9 Å². The van der Waals surface area contributed by atoms with E-state index in [1.54, 1.807) is 58.0 Å². The molecule has 22 heteroatoms. The number of carbonyl (C=O) groups excluding carboxylic acids is 8. The highest BCUT2D eigenvalue weighted by Gasteiger charge is 2.36. The van der Waals surface area contributed by atoms with Gasteiger partial charge < -0.3 is 68.7 Å². The Labute approximate surface area is 405 Å². The Kier molecular flexibility index (Phi) is 26.7. The molecule has 0 saturated heterocycles. The monoisotopic (exact) mass is 978 g/mol. The molecular formula is C47H79N9O13. The molecule has 0 unspecified atom stereocenters. The van der Waals surface area contributed by atoms with Gasteiger partial charge in [-0.15, -0.1) is 0 Å². The van der Waals surface area contributed by atoms with Gasteiger partial charge in [-0.05, 0) is 75.7 Å². The lowest BCUT2D eigenvalue weighted by molar-refractivity contribution is -0.143. The van der Waals surface area contributed by atoms with Crippen LogP contribution in [0.1, 0.15) is 107 Å². The van der Waals surface area contributed by atoms with Gasteiger partial charge in [-0.1, -0.05) is 85.7 Å². The molecule has 14 N–H and O–H groups in total. The number of hydrogen-bond donors (Lipinski definition) is 13. The summed E-state index contributed by atoms with van der Waals surface area (Å²) in [6, 6.07) is -3.86. The van der Waals surface area contributed by atoms with Crippen LogP contribution in [0.25, 0.3) is 0 Å². The molecule has 22 nitrogen and oxygen atoms in total. The van der Waals surface area contributed by atoms with Crippen molar-refractivity contribution in [3.8, 4) is 0 Å². The zero-order chi connectivity index (χ0) is 52.9. The average Bonchev–Trinajstić information content (AvgIpc) is 3.24. The maximum Gasteiger partial charge on any atom is 0.326 e. The van der Waals surface area contributed by atoms with Crippen molar-refractivity contribution < 1.29 is 63.6 Å². The van der Waals surface area contributed by atoms with Crippen molar-refractivity contribution in [2.24, 2.45) is 29.4 Å². The van der Waals surface area contributed by atoms with Crippen molar-refractivity contribution in [1.82, 2.24) is 42.5 Å². The van der Waals surface area contributed by atoms with Crippen molar-refractivity contribution in [3.63, 3.8) is 0 Å². The van der Waals surface area contributed by atoms with Crippen molar-refractivity contribution in [3.05, 3.63) is 35.9 Å². The maximum atomic E-state index is 13.9. The van der Waals surface area contributed by atoms with Crippen LogP contribution in [-0.2, 0) is 49.6 Å². The number of hydrogen-bond acceptors (Lipinski definition) is 13. The molecule has 1 aromatic carbocycles. The third-order valence-electron chi connectivity index (χ3n) is 10.7. The van der Waals surface area contributed by atoms with Crippen LogP contribution in [0.4, 0.5) is 0 Å². The SMILES string of the molecule is CC(C)C[C@H](NC(=O)[C@H](CO)NC(=O)[C@H](C)NC(=O)[C@@H](NC(=O)[C@H](CC(C)C)NC(=O)[C@@H](N)CC(C)C)[C@@H](C)O)C(=O)N[C@@H](CC(C)C)C(=O)N[C@H](C(=O)N[C@@H](Cc1ccccc1)C(=O)O)[C@@H](C)O. The van der Waals surface area contributed by atoms with Crippen LogP contribution in [0.2, 0.25) is 0 Å². The minimum Gasteiger partial charge on any atom is -0.480 e. The zero-order valence-electron chi connectivity index (χ0n) is 41.8. The summed E-state index contributed by atoms with van der Waals surface area (Å²) in [7, 11) is 0. The lowest BCUT2D eigenvalue weighted by Gasteiger charge is -2.29. The molecule has 0 aliphatic heterocycles. The number of carbonyl (C=O) groups is 9. The Morgan fingerprint density at radius 2 is 0.797 bits per heavy atom.